The number of aromatic nitrogens is 1. The Bertz CT molecular complexity index is 638. The molecular weight excluding hydrogens is 257 g/mol. The Balaban J connectivity index is 2.65. The molecule has 6 heteroatoms. The largest absolute Gasteiger partial charge is 0.497 e. The molecule has 0 saturated carbocycles. The van der Waals surface area contributed by atoms with Crippen molar-refractivity contribution in [2.45, 2.75) is 19.0 Å². The van der Waals surface area contributed by atoms with Crippen LogP contribution in [0, 0.1) is 11.3 Å². The molecule has 0 spiro atoms. The molecule has 1 N–H and O–H groups in total. The molecule has 0 fully saturated rings. The number of hydrogen-bond donors (Lipinski definition) is 1. The van der Waals surface area contributed by atoms with E-state index >= 15 is 0 Å². The van der Waals surface area contributed by atoms with Crippen LogP contribution in [0.2, 0.25) is 0 Å². The van der Waals surface area contributed by atoms with Gasteiger partial charge in [-0.05, 0) is 30.2 Å². The fourth-order valence-corrected chi connectivity index (χ4v) is 2.04. The van der Waals surface area contributed by atoms with Gasteiger partial charge in [0.25, 0.3) is 0 Å². The summed E-state index contributed by atoms with van der Waals surface area (Å²) in [5, 5.41) is 9.01. The molecule has 1 heterocycles. The van der Waals surface area contributed by atoms with Crippen LogP contribution in [0.5, 0.6) is 5.75 Å². The van der Waals surface area contributed by atoms with Crippen LogP contribution >= 0.6 is 0 Å². The normalized spacial score (nSPS) is 11.5. The average Bonchev–Trinajstić information content (AvgIpc) is 2.73. The highest BCUT2D eigenvalue weighted by atomic mass is 19.4. The maximum atomic E-state index is 13.0. The van der Waals surface area contributed by atoms with E-state index in [9.17, 15) is 13.2 Å². The summed E-state index contributed by atoms with van der Waals surface area (Å²) in [7, 11) is 1.45. The average molecular weight is 268 g/mol. The van der Waals surface area contributed by atoms with Gasteiger partial charge in [-0.1, -0.05) is 0 Å². The molecule has 19 heavy (non-hydrogen) atoms. The van der Waals surface area contributed by atoms with Gasteiger partial charge in [0, 0.05) is 17.3 Å². The van der Waals surface area contributed by atoms with E-state index in [4.69, 9.17) is 10.00 Å². The number of aromatic amines is 1. The Labute approximate surface area is 107 Å². The van der Waals surface area contributed by atoms with Crippen LogP contribution in [0.4, 0.5) is 13.2 Å². The molecule has 2 aromatic rings. The zero-order valence-corrected chi connectivity index (χ0v) is 10.1. The SMILES string of the molecule is COc1ccc2[nH]c(C(F)(F)F)c(CCC#N)c2c1. The Kier molecular flexibility index (Phi) is 3.38. The Morgan fingerprint density at radius 2 is 2.11 bits per heavy atom. The third kappa shape index (κ3) is 2.50. The number of hydrogen-bond acceptors (Lipinski definition) is 2. The van der Waals surface area contributed by atoms with E-state index in [1.165, 1.54) is 7.11 Å². The fourth-order valence-electron chi connectivity index (χ4n) is 2.04. The van der Waals surface area contributed by atoms with Crippen LogP contribution < -0.4 is 4.74 Å². The van der Waals surface area contributed by atoms with Crippen LogP contribution in [0.3, 0.4) is 0 Å². The third-order valence-corrected chi connectivity index (χ3v) is 2.88. The maximum absolute atomic E-state index is 13.0. The van der Waals surface area contributed by atoms with Gasteiger partial charge in [-0.25, -0.2) is 0 Å². The van der Waals surface area contributed by atoms with E-state index in [2.05, 4.69) is 4.98 Å². The molecular formula is C13H11F3N2O. The van der Waals surface area contributed by atoms with Gasteiger partial charge < -0.3 is 9.72 Å². The van der Waals surface area contributed by atoms with Gasteiger partial charge >= 0.3 is 6.18 Å². The molecule has 0 saturated heterocycles. The van der Waals surface area contributed by atoms with Gasteiger partial charge in [0.15, 0.2) is 0 Å². The molecule has 100 valence electrons. The van der Waals surface area contributed by atoms with Crippen LogP contribution in [0.1, 0.15) is 17.7 Å². The van der Waals surface area contributed by atoms with Gasteiger partial charge in [-0.15, -0.1) is 0 Å². The number of nitrogens with one attached hydrogen (secondary N) is 1. The number of fused-ring (bicyclic) bond motifs is 1. The zero-order valence-electron chi connectivity index (χ0n) is 10.1. The van der Waals surface area contributed by atoms with Crippen LogP contribution in [-0.2, 0) is 12.6 Å². The molecule has 0 aliphatic rings. The Morgan fingerprint density at radius 1 is 1.37 bits per heavy atom. The van der Waals surface area contributed by atoms with Gasteiger partial charge in [0.2, 0.25) is 0 Å². The predicted octanol–water partition coefficient (Wildman–Crippen LogP) is 3.65. The number of methoxy groups -OCH3 is 1. The molecule has 0 atom stereocenters. The highest BCUT2D eigenvalue weighted by Crippen LogP contribution is 2.37. The molecule has 3 nitrogen and oxygen atoms in total. The minimum Gasteiger partial charge on any atom is -0.497 e. The second kappa shape index (κ2) is 4.84. The van der Waals surface area contributed by atoms with Crippen LogP contribution in [-0.4, -0.2) is 12.1 Å². The maximum Gasteiger partial charge on any atom is 0.431 e. The number of rotatable bonds is 3. The number of nitriles is 1. The lowest BCUT2D eigenvalue weighted by Gasteiger charge is -2.07. The van der Waals surface area contributed by atoms with Gasteiger partial charge in [-0.3, -0.25) is 0 Å². The number of halogens is 3. The monoisotopic (exact) mass is 268 g/mol. The molecule has 0 bridgehead atoms. The number of H-pyrrole nitrogens is 1. The molecule has 0 aliphatic heterocycles. The van der Waals surface area contributed by atoms with Crippen molar-refractivity contribution in [1.29, 1.82) is 5.26 Å². The number of ether oxygens (including phenoxy) is 1. The lowest BCUT2D eigenvalue weighted by molar-refractivity contribution is -0.141. The second-order valence-electron chi connectivity index (χ2n) is 4.05. The standard InChI is InChI=1S/C13H11F3N2O/c1-19-8-4-5-11-10(7-8)9(3-2-6-17)12(18-11)13(14,15)16/h4-5,7,18H,2-3H2,1H3. The van der Waals surface area contributed by atoms with Crippen molar-refractivity contribution in [3.8, 4) is 11.8 Å². The lowest BCUT2D eigenvalue weighted by atomic mass is 10.1. The van der Waals surface area contributed by atoms with Crippen molar-refractivity contribution >= 4 is 10.9 Å². The number of alkyl halides is 3. The summed E-state index contributed by atoms with van der Waals surface area (Å²) in [6.45, 7) is 0. The molecule has 0 radical (unpaired) electrons. The van der Waals surface area contributed by atoms with Crippen molar-refractivity contribution in [2.24, 2.45) is 0 Å². The number of aryl methyl sites for hydroxylation is 1. The number of nitrogens with zero attached hydrogens (tertiary/aromatic N) is 1. The van der Waals surface area contributed by atoms with Crippen LogP contribution in [0.25, 0.3) is 10.9 Å². The van der Waals surface area contributed by atoms with Crippen molar-refractivity contribution in [3.05, 3.63) is 29.5 Å². The minimum absolute atomic E-state index is 0.0350. The highest BCUT2D eigenvalue weighted by molar-refractivity contribution is 5.86. The first-order valence-electron chi connectivity index (χ1n) is 5.60. The summed E-state index contributed by atoms with van der Waals surface area (Å²) < 4.78 is 43.9. The molecule has 2 rings (SSSR count). The molecule has 0 aliphatic carbocycles. The first kappa shape index (κ1) is 13.3. The minimum atomic E-state index is -4.46. The smallest absolute Gasteiger partial charge is 0.431 e. The van der Waals surface area contributed by atoms with E-state index in [1.54, 1.807) is 18.2 Å². The molecule has 1 aromatic heterocycles. The second-order valence-corrected chi connectivity index (χ2v) is 4.05. The van der Waals surface area contributed by atoms with E-state index < -0.39 is 11.9 Å². The van der Waals surface area contributed by atoms with Crippen molar-refractivity contribution < 1.29 is 17.9 Å². The van der Waals surface area contributed by atoms with E-state index in [1.807, 2.05) is 6.07 Å². The zero-order chi connectivity index (χ0) is 14.0. The summed E-state index contributed by atoms with van der Waals surface area (Å²) in [5.41, 5.74) is -0.282. The van der Waals surface area contributed by atoms with Gasteiger partial charge in [0.05, 0.1) is 13.2 Å². The summed E-state index contributed by atoms with van der Waals surface area (Å²) in [6.07, 6.45) is -4.37. The van der Waals surface area contributed by atoms with Crippen molar-refractivity contribution in [3.63, 3.8) is 0 Å². The highest BCUT2D eigenvalue weighted by Gasteiger charge is 2.36. The molecule has 0 unspecified atom stereocenters. The van der Waals surface area contributed by atoms with E-state index in [0.717, 1.165) is 0 Å². The van der Waals surface area contributed by atoms with Crippen molar-refractivity contribution in [2.75, 3.05) is 7.11 Å². The topological polar surface area (TPSA) is 48.8 Å². The Morgan fingerprint density at radius 3 is 2.68 bits per heavy atom. The fraction of sp³-hybridized carbons (Fsp3) is 0.308. The lowest BCUT2D eigenvalue weighted by Crippen LogP contribution is -2.08. The first-order valence-corrected chi connectivity index (χ1v) is 5.60. The molecule has 0 amide bonds. The molecule has 1 aromatic carbocycles. The summed E-state index contributed by atoms with van der Waals surface area (Å²) in [5.74, 6) is 0.485. The summed E-state index contributed by atoms with van der Waals surface area (Å²) >= 11 is 0. The first-order chi connectivity index (χ1) is 8.97. The van der Waals surface area contributed by atoms with E-state index in [0.29, 0.717) is 16.7 Å². The van der Waals surface area contributed by atoms with E-state index in [-0.39, 0.29) is 18.4 Å². The predicted molar refractivity (Wildman–Crippen MR) is 63.8 cm³/mol. The quantitative estimate of drug-likeness (QED) is 0.923. The summed E-state index contributed by atoms with van der Waals surface area (Å²) in [4.78, 5) is 2.37. The third-order valence-electron chi connectivity index (χ3n) is 2.88. The van der Waals surface area contributed by atoms with Gasteiger partial charge in [-0.2, -0.15) is 18.4 Å². The van der Waals surface area contributed by atoms with Crippen molar-refractivity contribution in [1.82, 2.24) is 4.98 Å². The summed E-state index contributed by atoms with van der Waals surface area (Å²) in [6, 6.07) is 6.55. The number of benzene rings is 1. The van der Waals surface area contributed by atoms with Gasteiger partial charge in [0.1, 0.15) is 11.4 Å². The Hall–Kier alpha value is -2.16. The van der Waals surface area contributed by atoms with Crippen LogP contribution in [0.15, 0.2) is 18.2 Å².